The van der Waals surface area contributed by atoms with E-state index >= 15 is 0 Å². The molecule has 5 aromatic rings. The Kier molecular flexibility index (Phi) is 5.40. The Labute approximate surface area is 194 Å². The fraction of sp³-hybridized carbons (Fsp3) is 0.136. The van der Waals surface area contributed by atoms with Crippen LogP contribution < -0.4 is 10.9 Å². The molecule has 2 N–H and O–H groups in total. The third-order valence-electron chi connectivity index (χ3n) is 5.36. The van der Waals surface area contributed by atoms with E-state index in [1.807, 2.05) is 6.92 Å². The van der Waals surface area contributed by atoms with Crippen LogP contribution in [0.5, 0.6) is 0 Å². The summed E-state index contributed by atoms with van der Waals surface area (Å²) >= 11 is 6.08. The number of imidazole rings is 1. The summed E-state index contributed by atoms with van der Waals surface area (Å²) in [6.07, 6.45) is 3.16. The van der Waals surface area contributed by atoms with Crippen molar-refractivity contribution in [1.82, 2.24) is 29.5 Å². The second-order valence-corrected chi connectivity index (χ2v) is 7.77. The van der Waals surface area contributed by atoms with E-state index in [9.17, 15) is 18.0 Å². The quantitative estimate of drug-likeness (QED) is 0.374. The average molecular weight is 486 g/mol. The number of hydrogen-bond donors (Lipinski definition) is 2. The highest BCUT2D eigenvalue weighted by Gasteiger charge is 2.25. The van der Waals surface area contributed by atoms with Gasteiger partial charge < -0.3 is 10.3 Å². The topological polar surface area (TPSA) is 101 Å². The lowest BCUT2D eigenvalue weighted by Gasteiger charge is -2.22. The Balaban J connectivity index is 1.78. The molecule has 5 rings (SSSR count). The van der Waals surface area contributed by atoms with Gasteiger partial charge >= 0.3 is 0 Å². The Morgan fingerprint density at radius 2 is 1.94 bits per heavy atom. The molecule has 8 nitrogen and oxygen atoms in total. The third kappa shape index (κ3) is 3.54. The van der Waals surface area contributed by atoms with Crippen LogP contribution >= 0.6 is 11.6 Å². The van der Waals surface area contributed by atoms with Crippen molar-refractivity contribution in [3.8, 4) is 5.69 Å². The van der Waals surface area contributed by atoms with E-state index in [-0.39, 0.29) is 22.4 Å². The first-order valence-corrected chi connectivity index (χ1v) is 10.5. The lowest BCUT2D eigenvalue weighted by molar-refractivity contribution is 0.569. The number of benzene rings is 2. The number of aromatic amines is 1. The largest absolute Gasteiger partial charge is 0.358 e. The number of H-pyrrole nitrogens is 1. The maximum atomic E-state index is 14.8. The van der Waals surface area contributed by atoms with Gasteiger partial charge in [-0.1, -0.05) is 18.5 Å². The summed E-state index contributed by atoms with van der Waals surface area (Å²) in [6.45, 7) is 1.82. The number of hydrogen-bond acceptors (Lipinski definition) is 6. The second-order valence-electron chi connectivity index (χ2n) is 7.39. The first-order valence-electron chi connectivity index (χ1n) is 10.2. The van der Waals surface area contributed by atoms with Crippen LogP contribution in [0, 0.1) is 17.5 Å². The molecule has 12 heteroatoms. The smallest absolute Gasteiger partial charge is 0.267 e. The molecule has 0 amide bonds. The van der Waals surface area contributed by atoms with Crippen LogP contribution in [0.25, 0.3) is 27.8 Å². The Hall–Kier alpha value is -3.99. The number of rotatable bonds is 5. The monoisotopic (exact) mass is 485 g/mol. The number of anilines is 1. The molecule has 0 saturated carbocycles. The van der Waals surface area contributed by atoms with E-state index in [4.69, 9.17) is 11.6 Å². The molecule has 0 saturated heterocycles. The molecular weight excluding hydrogens is 471 g/mol. The van der Waals surface area contributed by atoms with Gasteiger partial charge in [-0.25, -0.2) is 33.1 Å². The third-order valence-corrected chi connectivity index (χ3v) is 5.73. The van der Waals surface area contributed by atoms with E-state index in [2.05, 4.69) is 30.2 Å². The van der Waals surface area contributed by atoms with Crippen LogP contribution in [0.3, 0.4) is 0 Å². The van der Waals surface area contributed by atoms with E-state index in [1.165, 1.54) is 18.7 Å². The molecular formula is C22H15ClF3N7O. The maximum Gasteiger partial charge on any atom is 0.267 e. The lowest BCUT2D eigenvalue weighted by atomic mass is 10.1. The van der Waals surface area contributed by atoms with E-state index < -0.39 is 34.1 Å². The molecule has 0 fully saturated rings. The molecule has 0 aliphatic carbocycles. The van der Waals surface area contributed by atoms with Gasteiger partial charge in [-0.05, 0) is 30.7 Å². The molecule has 0 aliphatic rings. The Morgan fingerprint density at radius 3 is 2.71 bits per heavy atom. The minimum atomic E-state index is -0.995. The summed E-state index contributed by atoms with van der Waals surface area (Å²) in [5.74, 6) is -2.16. The fourth-order valence-corrected chi connectivity index (χ4v) is 3.98. The van der Waals surface area contributed by atoms with Crippen LogP contribution in [-0.2, 0) is 0 Å². The number of halogens is 4. The normalized spacial score (nSPS) is 12.4. The average Bonchev–Trinajstić information content (AvgIpc) is 3.30. The molecule has 3 heterocycles. The van der Waals surface area contributed by atoms with Gasteiger partial charge in [0.25, 0.3) is 5.56 Å². The van der Waals surface area contributed by atoms with Crippen LogP contribution in [-0.4, -0.2) is 29.5 Å². The van der Waals surface area contributed by atoms with Crippen molar-refractivity contribution in [2.24, 2.45) is 0 Å². The summed E-state index contributed by atoms with van der Waals surface area (Å²) < 4.78 is 43.6. The maximum absolute atomic E-state index is 14.8. The van der Waals surface area contributed by atoms with Crippen molar-refractivity contribution >= 4 is 39.5 Å². The molecule has 0 radical (unpaired) electrons. The second kappa shape index (κ2) is 8.41. The fourth-order valence-electron chi connectivity index (χ4n) is 3.74. The van der Waals surface area contributed by atoms with Gasteiger partial charge in [0, 0.05) is 6.07 Å². The predicted octanol–water partition coefficient (Wildman–Crippen LogP) is 4.69. The van der Waals surface area contributed by atoms with Crippen molar-refractivity contribution in [2.45, 2.75) is 19.4 Å². The van der Waals surface area contributed by atoms with E-state index in [0.29, 0.717) is 29.5 Å². The molecule has 172 valence electrons. The SMILES string of the molecule is CCC(Nc1ncnc2nc[nH]c12)c1nc2ccc(F)c(Cl)c2c(=O)n1-c1ccc(F)cc1F. The highest BCUT2D eigenvalue weighted by atomic mass is 35.5. The highest BCUT2D eigenvalue weighted by molar-refractivity contribution is 6.35. The summed E-state index contributed by atoms with van der Waals surface area (Å²) in [6, 6.07) is 4.51. The van der Waals surface area contributed by atoms with Gasteiger partial charge in [0.05, 0.1) is 34.0 Å². The zero-order chi connectivity index (χ0) is 24.0. The highest BCUT2D eigenvalue weighted by Crippen LogP contribution is 2.29. The number of fused-ring (bicyclic) bond motifs is 2. The molecule has 2 aromatic carbocycles. The van der Waals surface area contributed by atoms with E-state index in [0.717, 1.165) is 22.8 Å². The van der Waals surface area contributed by atoms with Gasteiger partial charge in [-0.3, -0.25) is 9.36 Å². The predicted molar refractivity (Wildman–Crippen MR) is 121 cm³/mol. The van der Waals surface area contributed by atoms with Gasteiger partial charge in [-0.15, -0.1) is 0 Å². The first kappa shape index (κ1) is 21.8. The van der Waals surface area contributed by atoms with Crippen LogP contribution in [0.4, 0.5) is 19.0 Å². The van der Waals surface area contributed by atoms with Crippen molar-refractivity contribution in [2.75, 3.05) is 5.32 Å². The Morgan fingerprint density at radius 1 is 1.12 bits per heavy atom. The molecule has 0 aliphatic heterocycles. The summed E-state index contributed by atoms with van der Waals surface area (Å²) in [5.41, 5.74) is 0.00643. The van der Waals surface area contributed by atoms with Crippen LogP contribution in [0.2, 0.25) is 5.02 Å². The van der Waals surface area contributed by atoms with Crippen molar-refractivity contribution in [1.29, 1.82) is 0 Å². The number of nitrogens with one attached hydrogen (secondary N) is 2. The first-order chi connectivity index (χ1) is 16.4. The zero-order valence-corrected chi connectivity index (χ0v) is 18.2. The number of nitrogens with zero attached hydrogens (tertiary/aromatic N) is 5. The van der Waals surface area contributed by atoms with Gasteiger partial charge in [-0.2, -0.15) is 0 Å². The van der Waals surface area contributed by atoms with Crippen LogP contribution in [0.15, 0.2) is 47.8 Å². The molecule has 1 atom stereocenters. The minimum Gasteiger partial charge on any atom is -0.358 e. The Bertz CT molecular complexity index is 1620. The zero-order valence-electron chi connectivity index (χ0n) is 17.5. The minimum absolute atomic E-state index is 0.0967. The van der Waals surface area contributed by atoms with Crippen molar-refractivity contribution in [3.63, 3.8) is 0 Å². The van der Waals surface area contributed by atoms with E-state index in [1.54, 1.807) is 0 Å². The van der Waals surface area contributed by atoms with Crippen molar-refractivity contribution in [3.05, 3.63) is 81.6 Å². The molecule has 0 bridgehead atoms. The van der Waals surface area contributed by atoms with Crippen LogP contribution in [0.1, 0.15) is 25.2 Å². The summed E-state index contributed by atoms with van der Waals surface area (Å²) in [4.78, 5) is 33.4. The molecule has 1 unspecified atom stereocenters. The molecule has 34 heavy (non-hydrogen) atoms. The van der Waals surface area contributed by atoms with Gasteiger partial charge in [0.2, 0.25) is 0 Å². The van der Waals surface area contributed by atoms with Gasteiger partial charge in [0.1, 0.15) is 35.1 Å². The standard InChI is InChI=1S/C22H15ClF3N7O/c1-2-13(31-20-18-19(28-8-27-18)29-9-30-20)21-32-14-5-4-11(25)17(23)16(14)22(34)33(21)15-6-3-10(24)7-12(15)26/h3-9,13H,2H2,1H3,(H2,27,28,29,30,31). The van der Waals surface area contributed by atoms with Gasteiger partial charge in [0.15, 0.2) is 11.5 Å². The summed E-state index contributed by atoms with van der Waals surface area (Å²) in [7, 11) is 0. The number of aromatic nitrogens is 6. The molecule has 0 spiro atoms. The summed E-state index contributed by atoms with van der Waals surface area (Å²) in [5, 5.41) is 2.53. The molecule has 3 aromatic heterocycles. The lowest BCUT2D eigenvalue weighted by Crippen LogP contribution is -2.29. The van der Waals surface area contributed by atoms with Crippen molar-refractivity contribution < 1.29 is 13.2 Å².